The molecule has 1 unspecified atom stereocenters. The van der Waals surface area contributed by atoms with Crippen LogP contribution in [0.3, 0.4) is 0 Å². The van der Waals surface area contributed by atoms with Crippen LogP contribution in [-0.4, -0.2) is 43.6 Å². The topological polar surface area (TPSA) is 79.3 Å². The van der Waals surface area contributed by atoms with E-state index in [1.54, 1.807) is 30.3 Å². The van der Waals surface area contributed by atoms with Crippen LogP contribution in [0.2, 0.25) is 0 Å². The van der Waals surface area contributed by atoms with Gasteiger partial charge in [0, 0.05) is 29.9 Å². The van der Waals surface area contributed by atoms with Gasteiger partial charge >= 0.3 is 0 Å². The lowest BCUT2D eigenvalue weighted by Gasteiger charge is -2.28. The van der Waals surface area contributed by atoms with E-state index in [4.69, 9.17) is 9.47 Å². The number of carbonyl (C=O) groups is 2. The van der Waals surface area contributed by atoms with Gasteiger partial charge in [-0.1, -0.05) is 45.0 Å². The van der Waals surface area contributed by atoms with Crippen molar-refractivity contribution in [3.05, 3.63) is 89.0 Å². The van der Waals surface area contributed by atoms with Gasteiger partial charge in [-0.05, 0) is 74.2 Å². The third-order valence-corrected chi connectivity index (χ3v) is 7.49. The molecule has 0 aromatic heterocycles. The summed E-state index contributed by atoms with van der Waals surface area (Å²) in [6, 6.07) is 19.4. The van der Waals surface area contributed by atoms with Crippen LogP contribution < -0.4 is 19.3 Å². The van der Waals surface area contributed by atoms with Crippen molar-refractivity contribution in [2.75, 3.05) is 36.6 Å². The highest BCUT2D eigenvalue weighted by atomic mass is 16.5. The van der Waals surface area contributed by atoms with E-state index >= 15 is 0 Å². The van der Waals surface area contributed by atoms with E-state index in [1.807, 2.05) is 43.3 Å². The van der Waals surface area contributed by atoms with Crippen LogP contribution in [0.5, 0.6) is 11.5 Å². The molecular weight excluding hydrogens is 516 g/mol. The summed E-state index contributed by atoms with van der Waals surface area (Å²) in [5.41, 5.74) is 3.27. The SMILES string of the molecule is CCOc1ccc(/C(O)=C2/C(=O)C(=O)N(c3ccccc3OC)C2c2ccc(N(CC)CC)cc2)cc1C(C)(C)C. The Kier molecular flexibility index (Phi) is 8.76. The van der Waals surface area contributed by atoms with Crippen LogP contribution in [0, 0.1) is 0 Å². The first-order chi connectivity index (χ1) is 19.6. The molecule has 0 bridgehead atoms. The van der Waals surface area contributed by atoms with E-state index in [0.717, 1.165) is 30.1 Å². The molecule has 1 aliphatic heterocycles. The van der Waals surface area contributed by atoms with E-state index in [0.29, 0.717) is 29.2 Å². The highest BCUT2D eigenvalue weighted by Gasteiger charge is 2.47. The van der Waals surface area contributed by atoms with Crippen molar-refractivity contribution in [3.8, 4) is 11.5 Å². The van der Waals surface area contributed by atoms with Gasteiger partial charge in [-0.3, -0.25) is 14.5 Å². The number of hydrogen-bond acceptors (Lipinski definition) is 6. The van der Waals surface area contributed by atoms with E-state index in [9.17, 15) is 14.7 Å². The van der Waals surface area contributed by atoms with Crippen molar-refractivity contribution in [3.63, 3.8) is 0 Å². The number of aliphatic hydroxyl groups is 1. The summed E-state index contributed by atoms with van der Waals surface area (Å²) in [6.07, 6.45) is 0. The molecule has 1 N–H and O–H groups in total. The molecule has 41 heavy (non-hydrogen) atoms. The van der Waals surface area contributed by atoms with Gasteiger partial charge in [0.25, 0.3) is 11.7 Å². The summed E-state index contributed by atoms with van der Waals surface area (Å²) >= 11 is 0. The second kappa shape index (κ2) is 12.1. The maximum Gasteiger partial charge on any atom is 0.300 e. The van der Waals surface area contributed by atoms with Gasteiger partial charge < -0.3 is 19.5 Å². The molecule has 1 aliphatic rings. The lowest BCUT2D eigenvalue weighted by atomic mass is 9.84. The first-order valence-corrected chi connectivity index (χ1v) is 14.1. The number of amides is 1. The van der Waals surface area contributed by atoms with Gasteiger partial charge in [0.15, 0.2) is 0 Å². The Morgan fingerprint density at radius 1 is 0.927 bits per heavy atom. The predicted molar refractivity (Wildman–Crippen MR) is 164 cm³/mol. The molecule has 216 valence electrons. The molecule has 3 aromatic rings. The predicted octanol–water partition coefficient (Wildman–Crippen LogP) is 6.86. The van der Waals surface area contributed by atoms with Crippen molar-refractivity contribution in [1.82, 2.24) is 0 Å². The fraction of sp³-hybridized carbons (Fsp3) is 0.353. The number of benzene rings is 3. The number of nitrogens with zero attached hydrogens (tertiary/aromatic N) is 2. The zero-order valence-corrected chi connectivity index (χ0v) is 25.0. The Morgan fingerprint density at radius 2 is 1.59 bits per heavy atom. The summed E-state index contributed by atoms with van der Waals surface area (Å²) < 4.78 is 11.4. The summed E-state index contributed by atoms with van der Waals surface area (Å²) in [5, 5.41) is 11.8. The number of para-hydroxylation sites is 2. The minimum atomic E-state index is -0.860. The van der Waals surface area contributed by atoms with Crippen molar-refractivity contribution in [2.45, 2.75) is 53.0 Å². The molecule has 1 heterocycles. The normalized spacial score (nSPS) is 16.7. The smallest absolute Gasteiger partial charge is 0.300 e. The minimum Gasteiger partial charge on any atom is -0.507 e. The average Bonchev–Trinajstić information content (AvgIpc) is 3.23. The second-order valence-corrected chi connectivity index (χ2v) is 11.0. The molecule has 1 amide bonds. The standard InChI is InChI=1S/C34H40N2O5/c1-8-35(9-2)24-18-15-22(16-19-24)30-29(32(38)33(39)36(30)26-13-11-12-14-28(26)40-7)31(37)23-17-20-27(41-10-3)25(21-23)34(4,5)6/h11-21,30,37H,8-10H2,1-7H3/b31-29-. The van der Waals surface area contributed by atoms with Crippen molar-refractivity contribution >= 4 is 28.8 Å². The van der Waals surface area contributed by atoms with Crippen LogP contribution in [0.1, 0.15) is 64.3 Å². The zero-order valence-electron chi connectivity index (χ0n) is 25.0. The molecule has 7 nitrogen and oxygen atoms in total. The Balaban J connectivity index is 1.95. The van der Waals surface area contributed by atoms with Gasteiger partial charge in [-0.2, -0.15) is 0 Å². The highest BCUT2D eigenvalue weighted by Crippen LogP contribution is 2.45. The highest BCUT2D eigenvalue weighted by molar-refractivity contribution is 6.52. The monoisotopic (exact) mass is 556 g/mol. The fourth-order valence-corrected chi connectivity index (χ4v) is 5.38. The van der Waals surface area contributed by atoms with Crippen LogP contribution >= 0.6 is 0 Å². The van der Waals surface area contributed by atoms with Crippen LogP contribution in [0.25, 0.3) is 5.76 Å². The lowest BCUT2D eigenvalue weighted by Crippen LogP contribution is -2.30. The molecule has 0 aliphatic carbocycles. The molecule has 1 fully saturated rings. The summed E-state index contributed by atoms with van der Waals surface area (Å²) in [6.45, 7) is 14.5. The first-order valence-electron chi connectivity index (χ1n) is 14.1. The fourth-order valence-electron chi connectivity index (χ4n) is 5.38. The summed E-state index contributed by atoms with van der Waals surface area (Å²) in [5.74, 6) is -0.537. The summed E-state index contributed by atoms with van der Waals surface area (Å²) in [4.78, 5) is 31.1. The number of Topliss-reactive ketones (excluding diaryl/α,β-unsaturated/α-hetero) is 1. The van der Waals surface area contributed by atoms with E-state index in [2.05, 4.69) is 39.5 Å². The largest absolute Gasteiger partial charge is 0.507 e. The van der Waals surface area contributed by atoms with Crippen molar-refractivity contribution < 1.29 is 24.2 Å². The molecule has 3 aromatic carbocycles. The third kappa shape index (κ3) is 5.67. The van der Waals surface area contributed by atoms with Gasteiger partial charge in [-0.15, -0.1) is 0 Å². The van der Waals surface area contributed by atoms with E-state index in [-0.39, 0.29) is 16.7 Å². The maximum absolute atomic E-state index is 13.7. The third-order valence-electron chi connectivity index (χ3n) is 7.49. The molecule has 0 spiro atoms. The number of anilines is 2. The van der Waals surface area contributed by atoms with Gasteiger partial charge in [0.1, 0.15) is 17.3 Å². The summed E-state index contributed by atoms with van der Waals surface area (Å²) in [7, 11) is 1.53. The van der Waals surface area contributed by atoms with Crippen LogP contribution in [0.15, 0.2) is 72.3 Å². The van der Waals surface area contributed by atoms with Gasteiger partial charge in [-0.25, -0.2) is 0 Å². The number of ether oxygens (including phenoxy) is 2. The maximum atomic E-state index is 13.7. The molecular formula is C34H40N2O5. The van der Waals surface area contributed by atoms with E-state index in [1.165, 1.54) is 12.0 Å². The number of carbonyl (C=O) groups excluding carboxylic acids is 2. The lowest BCUT2D eigenvalue weighted by molar-refractivity contribution is -0.132. The van der Waals surface area contributed by atoms with Crippen LogP contribution in [0.4, 0.5) is 11.4 Å². The van der Waals surface area contributed by atoms with Crippen LogP contribution in [-0.2, 0) is 15.0 Å². The molecule has 0 saturated carbocycles. The molecule has 1 atom stereocenters. The number of ketones is 1. The number of hydrogen-bond donors (Lipinski definition) is 1. The Morgan fingerprint density at radius 3 is 2.17 bits per heavy atom. The average molecular weight is 557 g/mol. The number of aliphatic hydroxyl groups excluding tert-OH is 1. The van der Waals surface area contributed by atoms with Crippen molar-refractivity contribution in [1.29, 1.82) is 0 Å². The molecule has 0 radical (unpaired) electrons. The first kappa shape index (κ1) is 29.7. The van der Waals surface area contributed by atoms with Crippen molar-refractivity contribution in [2.24, 2.45) is 0 Å². The molecule has 7 heteroatoms. The molecule has 4 rings (SSSR count). The Bertz CT molecular complexity index is 1450. The Labute approximate surface area is 243 Å². The minimum absolute atomic E-state index is 0.0283. The van der Waals surface area contributed by atoms with E-state index < -0.39 is 17.7 Å². The van der Waals surface area contributed by atoms with Gasteiger partial charge in [0.05, 0.1) is 31.0 Å². The second-order valence-electron chi connectivity index (χ2n) is 11.0. The van der Waals surface area contributed by atoms with Gasteiger partial charge in [0.2, 0.25) is 0 Å². The number of methoxy groups -OCH3 is 1. The quantitative estimate of drug-likeness (QED) is 0.176. The molecule has 1 saturated heterocycles. The number of rotatable bonds is 9. The Hall–Kier alpha value is -4.26. The zero-order chi connectivity index (χ0) is 29.9.